The molecule has 1 aliphatic carbocycles. The molecule has 1 saturated heterocycles. The fraction of sp³-hybridized carbons (Fsp3) is 0.423. The Morgan fingerprint density at radius 2 is 1.76 bits per heavy atom. The molecule has 2 aliphatic rings. The molecule has 2 fully saturated rings. The molecule has 2 N–H and O–H groups in total. The van der Waals surface area contributed by atoms with Crippen LogP contribution in [0.4, 0.5) is 0 Å². The first-order valence-electron chi connectivity index (χ1n) is 11.8. The summed E-state index contributed by atoms with van der Waals surface area (Å²) in [6.07, 6.45) is 6.48. The zero-order valence-electron chi connectivity index (χ0n) is 19.1. The Kier molecular flexibility index (Phi) is 7.63. The van der Waals surface area contributed by atoms with Crippen LogP contribution >= 0.6 is 0 Å². The van der Waals surface area contributed by atoms with Gasteiger partial charge in [-0.1, -0.05) is 54.6 Å². The maximum Gasteiger partial charge on any atom is 0.257 e. The van der Waals surface area contributed by atoms with Crippen molar-refractivity contribution < 1.29 is 13.2 Å². The van der Waals surface area contributed by atoms with E-state index in [1.54, 1.807) is 6.08 Å². The first-order valence-corrected chi connectivity index (χ1v) is 13.4. The summed E-state index contributed by atoms with van der Waals surface area (Å²) < 4.78 is 24.9. The van der Waals surface area contributed by atoms with Gasteiger partial charge in [0.1, 0.15) is 0 Å². The van der Waals surface area contributed by atoms with E-state index in [1.165, 1.54) is 43.4 Å². The van der Waals surface area contributed by atoms with Gasteiger partial charge in [-0.3, -0.25) is 9.69 Å². The van der Waals surface area contributed by atoms with Crippen LogP contribution in [0.25, 0.3) is 6.08 Å². The molecular formula is C26H33N3O3S. The van der Waals surface area contributed by atoms with E-state index in [2.05, 4.69) is 52.7 Å². The van der Waals surface area contributed by atoms with Gasteiger partial charge in [0.2, 0.25) is 10.0 Å². The minimum absolute atomic E-state index is 0.122. The number of hydrogen-bond acceptors (Lipinski definition) is 5. The molecule has 7 heteroatoms. The third-order valence-electron chi connectivity index (χ3n) is 6.50. The summed E-state index contributed by atoms with van der Waals surface area (Å²) in [5.41, 5.74) is 3.56. The molecule has 0 radical (unpaired) electrons. The van der Waals surface area contributed by atoms with Gasteiger partial charge in [-0.15, -0.1) is 0 Å². The van der Waals surface area contributed by atoms with Crippen LogP contribution in [-0.4, -0.2) is 50.2 Å². The Morgan fingerprint density at radius 1 is 1.06 bits per heavy atom. The van der Waals surface area contributed by atoms with Crippen molar-refractivity contribution in [1.82, 2.24) is 14.9 Å². The van der Waals surface area contributed by atoms with Crippen molar-refractivity contribution in [3.8, 4) is 0 Å². The van der Waals surface area contributed by atoms with Gasteiger partial charge in [0, 0.05) is 30.6 Å². The summed E-state index contributed by atoms with van der Waals surface area (Å²) in [5, 5.41) is 3.87. The number of nitrogens with zero attached hydrogens (tertiary/aromatic N) is 1. The van der Waals surface area contributed by atoms with Crippen molar-refractivity contribution in [3.63, 3.8) is 0 Å². The van der Waals surface area contributed by atoms with Gasteiger partial charge in [-0.25, -0.2) is 13.1 Å². The number of nitrogens with one attached hydrogen (secondary N) is 2. The zero-order valence-corrected chi connectivity index (χ0v) is 19.9. The highest BCUT2D eigenvalue weighted by Crippen LogP contribution is 2.41. The molecule has 1 amide bonds. The van der Waals surface area contributed by atoms with Crippen molar-refractivity contribution in [1.29, 1.82) is 0 Å². The van der Waals surface area contributed by atoms with Gasteiger partial charge in [-0.2, -0.15) is 0 Å². The standard InChI is InChI=1S/C26H33N3O3S/c1-2-33(31,32)28-26(30)13-12-20-8-10-21(11-9-20)19-29-16-14-23(15-17-29)27-25-18-24(25)22-6-4-3-5-7-22/h3-13,23-25,27H,2,14-19H2,1H3,(H,28,30)/b13-12+/t24-,25+/m0/s1. The Hall–Kier alpha value is -2.48. The molecule has 1 aliphatic heterocycles. The smallest absolute Gasteiger partial charge is 0.257 e. The van der Waals surface area contributed by atoms with Gasteiger partial charge < -0.3 is 5.32 Å². The number of benzene rings is 2. The van der Waals surface area contributed by atoms with Crippen molar-refractivity contribution >= 4 is 22.0 Å². The van der Waals surface area contributed by atoms with E-state index in [-0.39, 0.29) is 5.75 Å². The van der Waals surface area contributed by atoms with E-state index < -0.39 is 15.9 Å². The second-order valence-corrected chi connectivity index (χ2v) is 11.0. The summed E-state index contributed by atoms with van der Waals surface area (Å²) in [4.78, 5) is 14.2. The Balaban J connectivity index is 1.18. The highest BCUT2D eigenvalue weighted by atomic mass is 32.2. The van der Waals surface area contributed by atoms with Crippen molar-refractivity contribution in [2.75, 3.05) is 18.8 Å². The molecule has 2 atom stereocenters. The van der Waals surface area contributed by atoms with E-state index in [4.69, 9.17) is 0 Å². The number of piperidine rings is 1. The largest absolute Gasteiger partial charge is 0.311 e. The lowest BCUT2D eigenvalue weighted by Gasteiger charge is -2.32. The molecule has 0 unspecified atom stereocenters. The van der Waals surface area contributed by atoms with Crippen LogP contribution in [0.5, 0.6) is 0 Å². The third-order valence-corrected chi connectivity index (χ3v) is 7.78. The van der Waals surface area contributed by atoms with Crippen molar-refractivity contribution in [2.45, 2.75) is 50.7 Å². The Morgan fingerprint density at radius 3 is 2.42 bits per heavy atom. The number of rotatable bonds is 9. The SMILES string of the molecule is CCS(=O)(=O)NC(=O)/C=C/c1ccc(CN2CCC(N[C@@H]3C[C@H]3c3ccccc3)CC2)cc1. The van der Waals surface area contributed by atoms with Crippen molar-refractivity contribution in [3.05, 3.63) is 77.4 Å². The van der Waals surface area contributed by atoms with Gasteiger partial charge in [0.15, 0.2) is 0 Å². The zero-order chi connectivity index (χ0) is 23.3. The van der Waals surface area contributed by atoms with Gasteiger partial charge in [-0.05, 0) is 62.0 Å². The third kappa shape index (κ3) is 7.00. The molecule has 1 heterocycles. The van der Waals surface area contributed by atoms with Crippen LogP contribution in [0.1, 0.15) is 48.8 Å². The summed E-state index contributed by atoms with van der Waals surface area (Å²) in [5.74, 6) is -0.0683. The van der Waals surface area contributed by atoms with Crippen LogP contribution in [0.3, 0.4) is 0 Å². The van der Waals surface area contributed by atoms with E-state index in [9.17, 15) is 13.2 Å². The van der Waals surface area contributed by atoms with Gasteiger partial charge >= 0.3 is 0 Å². The number of hydrogen-bond donors (Lipinski definition) is 2. The number of carbonyl (C=O) groups excluding carboxylic acids is 1. The average molecular weight is 468 g/mol. The second-order valence-electron chi connectivity index (χ2n) is 9.02. The summed E-state index contributed by atoms with van der Waals surface area (Å²) in [6.45, 7) is 4.59. The quantitative estimate of drug-likeness (QED) is 0.554. The van der Waals surface area contributed by atoms with Gasteiger partial charge in [0.05, 0.1) is 5.75 Å². The normalized spacial score (nSPS) is 21.8. The lowest BCUT2D eigenvalue weighted by Crippen LogP contribution is -2.43. The molecule has 4 rings (SSSR count). The minimum atomic E-state index is -3.53. The fourth-order valence-corrected chi connectivity index (χ4v) is 4.95. The monoisotopic (exact) mass is 467 g/mol. The Labute approximate surface area is 197 Å². The summed E-state index contributed by atoms with van der Waals surface area (Å²) >= 11 is 0. The molecule has 1 saturated carbocycles. The first kappa shape index (κ1) is 23.7. The molecule has 0 aromatic heterocycles. The molecule has 0 bridgehead atoms. The predicted octanol–water partition coefficient (Wildman–Crippen LogP) is 3.28. The Bertz CT molecular complexity index is 1060. The highest BCUT2D eigenvalue weighted by Gasteiger charge is 2.39. The molecule has 0 spiro atoms. The summed E-state index contributed by atoms with van der Waals surface area (Å²) in [7, 11) is -3.53. The van der Waals surface area contributed by atoms with Crippen LogP contribution in [0.2, 0.25) is 0 Å². The number of amides is 1. The molecule has 2 aromatic carbocycles. The van der Waals surface area contributed by atoms with E-state index >= 15 is 0 Å². The number of sulfonamides is 1. The average Bonchev–Trinajstić information content (AvgIpc) is 3.59. The van der Waals surface area contributed by atoms with Crippen LogP contribution in [0, 0.1) is 0 Å². The maximum atomic E-state index is 11.7. The second kappa shape index (κ2) is 10.6. The topological polar surface area (TPSA) is 78.5 Å². The van der Waals surface area contributed by atoms with Crippen LogP contribution in [0.15, 0.2) is 60.7 Å². The number of likely N-dealkylation sites (tertiary alicyclic amines) is 1. The van der Waals surface area contributed by atoms with E-state index in [0.29, 0.717) is 18.0 Å². The fourth-order valence-electron chi connectivity index (χ4n) is 4.43. The maximum absolute atomic E-state index is 11.7. The lowest BCUT2D eigenvalue weighted by molar-refractivity contribution is -0.114. The first-order chi connectivity index (χ1) is 15.9. The van der Waals surface area contributed by atoms with Crippen molar-refractivity contribution in [2.24, 2.45) is 0 Å². The minimum Gasteiger partial charge on any atom is -0.311 e. The van der Waals surface area contributed by atoms with E-state index in [0.717, 1.165) is 25.2 Å². The molecule has 6 nitrogen and oxygen atoms in total. The number of carbonyl (C=O) groups is 1. The van der Waals surface area contributed by atoms with Crippen LogP contribution < -0.4 is 10.0 Å². The van der Waals surface area contributed by atoms with E-state index in [1.807, 2.05) is 16.9 Å². The molecule has 2 aromatic rings. The molecule has 33 heavy (non-hydrogen) atoms. The van der Waals surface area contributed by atoms with Crippen LogP contribution in [-0.2, 0) is 21.4 Å². The highest BCUT2D eigenvalue weighted by molar-refractivity contribution is 7.90. The predicted molar refractivity (Wildman–Crippen MR) is 132 cm³/mol. The molecular weight excluding hydrogens is 434 g/mol. The molecule has 176 valence electrons. The van der Waals surface area contributed by atoms with Gasteiger partial charge in [0.25, 0.3) is 5.91 Å². The lowest BCUT2D eigenvalue weighted by atomic mass is 10.0. The summed E-state index contributed by atoms with van der Waals surface area (Å²) in [6, 6.07) is 20.1.